The number of carbonyl (C=O) groups excluding carboxylic acids is 3. The fourth-order valence-electron chi connectivity index (χ4n) is 4.31. The first-order valence-electron chi connectivity index (χ1n) is 11.2. The Morgan fingerprint density at radius 3 is 2.44 bits per heavy atom. The molecule has 8 heteroatoms. The first-order chi connectivity index (χ1) is 15.0. The molecule has 2 rings (SSSR count). The smallest absolute Gasteiger partial charge is 0.410 e. The Balaban J connectivity index is 2.61. The third-order valence-electron chi connectivity index (χ3n) is 5.89. The third-order valence-corrected chi connectivity index (χ3v) is 5.89. The molecule has 1 aliphatic rings. The molecule has 1 fully saturated rings. The first-order valence-corrected chi connectivity index (χ1v) is 11.2. The summed E-state index contributed by atoms with van der Waals surface area (Å²) in [7, 11) is 1.63. The Morgan fingerprint density at radius 2 is 1.91 bits per heavy atom. The van der Waals surface area contributed by atoms with Crippen LogP contribution < -0.4 is 10.2 Å². The lowest BCUT2D eigenvalue weighted by Crippen LogP contribution is -2.36. The maximum atomic E-state index is 13.3. The minimum absolute atomic E-state index is 0.155. The van der Waals surface area contributed by atoms with Crippen molar-refractivity contribution in [2.45, 2.75) is 90.8 Å². The molecule has 1 atom stereocenters. The highest BCUT2D eigenvalue weighted by atomic mass is 17.1. The van der Waals surface area contributed by atoms with Crippen molar-refractivity contribution in [2.24, 2.45) is 0 Å². The van der Waals surface area contributed by atoms with Crippen molar-refractivity contribution in [1.29, 1.82) is 0 Å². The molecule has 2 N–H and O–H groups in total. The summed E-state index contributed by atoms with van der Waals surface area (Å²) in [6, 6.07) is 0.720. The quantitative estimate of drug-likeness (QED) is 0.261. The molecule has 1 saturated carbocycles. The Bertz CT molecular complexity index is 840. The first kappa shape index (κ1) is 25.6. The van der Waals surface area contributed by atoms with Gasteiger partial charge in [0.05, 0.1) is 6.04 Å². The standard InChI is InChI=1S/C24H36N2O6/c1-15-20(32-30)12-18(22(28)16(2)25-14-27)19(21(15)17-10-8-7-9-11-17)13-26(6)23(29)31-24(3,4)5/h12,14,16-17,30H,7-11,13H2,1-6H3,(H,25,27). The maximum absolute atomic E-state index is 13.3. The summed E-state index contributed by atoms with van der Waals surface area (Å²) in [6.45, 7) is 9.00. The van der Waals surface area contributed by atoms with E-state index >= 15 is 0 Å². The summed E-state index contributed by atoms with van der Waals surface area (Å²) in [5.41, 5.74) is 2.04. The maximum Gasteiger partial charge on any atom is 0.410 e. The molecule has 0 aromatic heterocycles. The van der Waals surface area contributed by atoms with E-state index in [1.807, 2.05) is 6.92 Å². The number of nitrogens with zero attached hydrogens (tertiary/aromatic N) is 1. The Morgan fingerprint density at radius 1 is 1.28 bits per heavy atom. The summed E-state index contributed by atoms with van der Waals surface area (Å²) < 4.78 is 5.50. The molecule has 8 nitrogen and oxygen atoms in total. The number of amides is 2. The molecule has 1 unspecified atom stereocenters. The summed E-state index contributed by atoms with van der Waals surface area (Å²) in [5, 5.41) is 12.0. The Hall–Kier alpha value is -2.61. The zero-order valence-electron chi connectivity index (χ0n) is 20.0. The number of benzene rings is 1. The number of hydrogen-bond donors (Lipinski definition) is 2. The van der Waals surface area contributed by atoms with Gasteiger partial charge in [0.1, 0.15) is 5.60 Å². The summed E-state index contributed by atoms with van der Waals surface area (Å²) in [5.74, 6) is 0.0673. The van der Waals surface area contributed by atoms with Crippen LogP contribution >= 0.6 is 0 Å². The molecule has 0 spiro atoms. The number of Topliss-reactive ketones (excluding diaryl/α,β-unsaturated/α-hetero) is 1. The van der Waals surface area contributed by atoms with E-state index in [0.29, 0.717) is 17.5 Å². The fourth-order valence-corrected chi connectivity index (χ4v) is 4.31. The second-order valence-electron chi connectivity index (χ2n) is 9.57. The lowest BCUT2D eigenvalue weighted by Gasteiger charge is -2.31. The number of ketones is 1. The molecule has 2 amide bonds. The van der Waals surface area contributed by atoms with Crippen molar-refractivity contribution >= 4 is 18.3 Å². The van der Waals surface area contributed by atoms with Crippen LogP contribution in [-0.2, 0) is 16.1 Å². The van der Waals surface area contributed by atoms with Crippen LogP contribution in [0.5, 0.6) is 5.75 Å². The Kier molecular flexibility index (Phi) is 8.66. The zero-order valence-corrected chi connectivity index (χ0v) is 20.0. The second-order valence-corrected chi connectivity index (χ2v) is 9.57. The molecule has 1 aromatic rings. The lowest BCUT2D eigenvalue weighted by atomic mass is 9.77. The highest BCUT2D eigenvalue weighted by Crippen LogP contribution is 2.41. The number of rotatable bonds is 8. The average Bonchev–Trinajstić information content (AvgIpc) is 2.73. The molecule has 1 aromatic carbocycles. The zero-order chi connectivity index (χ0) is 24.1. The van der Waals surface area contributed by atoms with E-state index in [9.17, 15) is 19.6 Å². The SMILES string of the molecule is Cc1c(OO)cc(C(=O)C(C)NC=O)c(CN(C)C(=O)OC(C)(C)C)c1C1CCCCC1. The molecule has 1 aliphatic carbocycles. The normalized spacial score (nSPS) is 15.6. The van der Waals surface area contributed by atoms with Gasteiger partial charge in [-0.3, -0.25) is 9.59 Å². The molecular formula is C24H36N2O6. The van der Waals surface area contributed by atoms with Gasteiger partial charge >= 0.3 is 6.09 Å². The van der Waals surface area contributed by atoms with Crippen LogP contribution in [0.15, 0.2) is 6.07 Å². The van der Waals surface area contributed by atoms with Crippen molar-refractivity contribution in [3.8, 4) is 5.75 Å². The van der Waals surface area contributed by atoms with Crippen LogP contribution in [0.4, 0.5) is 4.79 Å². The number of carbonyl (C=O) groups is 3. The topological polar surface area (TPSA) is 105 Å². The van der Waals surface area contributed by atoms with Crippen LogP contribution in [0.1, 0.15) is 92.8 Å². The van der Waals surface area contributed by atoms with Gasteiger partial charge in [-0.15, -0.1) is 0 Å². The highest BCUT2D eigenvalue weighted by Gasteiger charge is 2.30. The van der Waals surface area contributed by atoms with Crippen molar-refractivity contribution in [2.75, 3.05) is 7.05 Å². The fraction of sp³-hybridized carbons (Fsp3) is 0.625. The van der Waals surface area contributed by atoms with Crippen LogP contribution in [0, 0.1) is 6.92 Å². The monoisotopic (exact) mass is 448 g/mol. The van der Waals surface area contributed by atoms with Crippen molar-refractivity contribution < 1.29 is 29.3 Å². The van der Waals surface area contributed by atoms with Crippen LogP contribution in [0.3, 0.4) is 0 Å². The molecule has 0 bridgehead atoms. The molecule has 0 saturated heterocycles. The molecule has 0 radical (unpaired) electrons. The molecular weight excluding hydrogens is 412 g/mol. The van der Waals surface area contributed by atoms with Crippen molar-refractivity contribution in [1.82, 2.24) is 10.2 Å². The van der Waals surface area contributed by atoms with Crippen LogP contribution in [0.2, 0.25) is 0 Å². The van der Waals surface area contributed by atoms with Gasteiger partial charge in [0.25, 0.3) is 0 Å². The predicted molar refractivity (Wildman–Crippen MR) is 121 cm³/mol. The van der Waals surface area contributed by atoms with E-state index in [0.717, 1.165) is 43.2 Å². The van der Waals surface area contributed by atoms with E-state index in [2.05, 4.69) is 10.2 Å². The van der Waals surface area contributed by atoms with Gasteiger partial charge in [-0.05, 0) is 76.1 Å². The van der Waals surface area contributed by atoms with Crippen molar-refractivity contribution in [3.05, 3.63) is 28.3 Å². The average molecular weight is 449 g/mol. The van der Waals surface area contributed by atoms with Crippen LogP contribution in [-0.4, -0.2) is 47.1 Å². The summed E-state index contributed by atoms with van der Waals surface area (Å²) in [6.07, 6.45) is 5.19. The largest absolute Gasteiger partial charge is 0.444 e. The number of nitrogens with one attached hydrogen (secondary N) is 1. The minimum atomic E-state index is -0.772. The van der Waals surface area contributed by atoms with E-state index < -0.39 is 17.7 Å². The van der Waals surface area contributed by atoms with Crippen LogP contribution in [0.25, 0.3) is 0 Å². The minimum Gasteiger partial charge on any atom is -0.444 e. The van der Waals surface area contributed by atoms with Gasteiger partial charge in [0.15, 0.2) is 11.5 Å². The van der Waals surface area contributed by atoms with Gasteiger partial charge in [0, 0.05) is 19.2 Å². The third kappa shape index (κ3) is 6.22. The van der Waals surface area contributed by atoms with E-state index in [4.69, 9.17) is 4.74 Å². The highest BCUT2D eigenvalue weighted by molar-refractivity contribution is 6.02. The van der Waals surface area contributed by atoms with Gasteiger partial charge in [-0.2, -0.15) is 0 Å². The van der Waals surface area contributed by atoms with Gasteiger partial charge in [-0.1, -0.05) is 19.3 Å². The number of hydrogen-bond acceptors (Lipinski definition) is 6. The Labute approximate surface area is 190 Å². The van der Waals surface area contributed by atoms with E-state index in [1.54, 1.807) is 34.7 Å². The summed E-state index contributed by atoms with van der Waals surface area (Å²) >= 11 is 0. The number of ether oxygens (including phenoxy) is 1. The molecule has 0 aliphatic heterocycles. The molecule has 0 heterocycles. The second kappa shape index (κ2) is 10.8. The lowest BCUT2D eigenvalue weighted by molar-refractivity contribution is -0.138. The summed E-state index contributed by atoms with van der Waals surface area (Å²) in [4.78, 5) is 42.9. The van der Waals surface area contributed by atoms with E-state index in [-0.39, 0.29) is 24.0 Å². The van der Waals surface area contributed by atoms with Crippen molar-refractivity contribution in [3.63, 3.8) is 0 Å². The molecule has 178 valence electrons. The van der Waals surface area contributed by atoms with Gasteiger partial charge in [0.2, 0.25) is 6.41 Å². The predicted octanol–water partition coefficient (Wildman–Crippen LogP) is 4.58. The van der Waals surface area contributed by atoms with E-state index in [1.165, 1.54) is 11.0 Å². The van der Waals surface area contributed by atoms with Gasteiger partial charge < -0.3 is 19.8 Å². The van der Waals surface area contributed by atoms with Gasteiger partial charge in [-0.25, -0.2) is 10.1 Å². The molecule has 32 heavy (non-hydrogen) atoms.